The number of aryl methyl sites for hydroxylation is 1. The third kappa shape index (κ3) is 2.68. The van der Waals surface area contributed by atoms with Crippen LogP contribution in [0.1, 0.15) is 36.3 Å². The van der Waals surface area contributed by atoms with E-state index < -0.39 is 0 Å². The molecule has 0 saturated heterocycles. The van der Waals surface area contributed by atoms with Crippen LogP contribution < -0.4 is 5.32 Å². The lowest BCUT2D eigenvalue weighted by Crippen LogP contribution is -2.18. The summed E-state index contributed by atoms with van der Waals surface area (Å²) >= 11 is 1.73. The highest BCUT2D eigenvalue weighted by atomic mass is 32.1. The van der Waals surface area contributed by atoms with Gasteiger partial charge in [-0.15, -0.1) is 11.3 Å². The van der Waals surface area contributed by atoms with Crippen LogP contribution in [-0.2, 0) is 13.0 Å². The Kier molecular flexibility index (Phi) is 3.69. The summed E-state index contributed by atoms with van der Waals surface area (Å²) in [6, 6.07) is 0.278. The van der Waals surface area contributed by atoms with Crippen LogP contribution in [0.2, 0.25) is 0 Å². The number of imidazole rings is 1. The van der Waals surface area contributed by atoms with Gasteiger partial charge in [0, 0.05) is 29.9 Å². The molecule has 1 atom stereocenters. The first-order chi connectivity index (χ1) is 7.79. The van der Waals surface area contributed by atoms with E-state index in [1.807, 2.05) is 6.20 Å². The topological polar surface area (TPSA) is 53.6 Å². The smallest absolute Gasteiger partial charge is 0.0926 e. The molecule has 2 aromatic rings. The van der Waals surface area contributed by atoms with Crippen LogP contribution >= 0.6 is 11.3 Å². The second-order valence-electron chi connectivity index (χ2n) is 3.70. The van der Waals surface area contributed by atoms with Crippen molar-refractivity contribution in [3.63, 3.8) is 0 Å². The van der Waals surface area contributed by atoms with Crippen molar-refractivity contribution < 1.29 is 0 Å². The molecule has 1 unspecified atom stereocenters. The number of H-pyrrole nitrogens is 1. The molecule has 0 bridgehead atoms. The van der Waals surface area contributed by atoms with Gasteiger partial charge in [0.1, 0.15) is 0 Å². The van der Waals surface area contributed by atoms with E-state index in [0.717, 1.165) is 24.4 Å². The standard InChI is InChI=1S/C11H16N4S/c1-3-11-15-10(6-16-11)8(2)13-5-9-4-12-7-14-9/h4,6-8,13H,3,5H2,1-2H3,(H,12,14). The molecule has 0 aliphatic carbocycles. The number of nitrogens with one attached hydrogen (secondary N) is 2. The van der Waals surface area contributed by atoms with Gasteiger partial charge in [0.15, 0.2) is 0 Å². The minimum absolute atomic E-state index is 0.278. The molecule has 2 rings (SSSR count). The molecule has 4 nitrogen and oxygen atoms in total. The first-order valence-electron chi connectivity index (χ1n) is 5.44. The molecule has 0 fully saturated rings. The van der Waals surface area contributed by atoms with Crippen LogP contribution in [0.25, 0.3) is 0 Å². The van der Waals surface area contributed by atoms with E-state index in [9.17, 15) is 0 Å². The number of nitrogens with zero attached hydrogens (tertiary/aromatic N) is 2. The Hall–Kier alpha value is -1.20. The molecule has 86 valence electrons. The van der Waals surface area contributed by atoms with Gasteiger partial charge in [0.2, 0.25) is 0 Å². The Bertz CT molecular complexity index is 421. The van der Waals surface area contributed by atoms with E-state index in [2.05, 4.69) is 39.5 Å². The van der Waals surface area contributed by atoms with Gasteiger partial charge in [-0.1, -0.05) is 6.92 Å². The summed E-state index contributed by atoms with van der Waals surface area (Å²) < 4.78 is 0. The molecule has 0 aliphatic rings. The maximum Gasteiger partial charge on any atom is 0.0926 e. The van der Waals surface area contributed by atoms with Crippen LogP contribution in [0.15, 0.2) is 17.9 Å². The van der Waals surface area contributed by atoms with Crippen molar-refractivity contribution in [2.45, 2.75) is 32.9 Å². The lowest BCUT2D eigenvalue weighted by molar-refractivity contribution is 0.557. The summed E-state index contributed by atoms with van der Waals surface area (Å²) in [6.45, 7) is 5.05. The second kappa shape index (κ2) is 5.23. The lowest BCUT2D eigenvalue weighted by atomic mass is 10.2. The highest BCUT2D eigenvalue weighted by Crippen LogP contribution is 2.17. The molecule has 0 aromatic carbocycles. The third-order valence-electron chi connectivity index (χ3n) is 2.47. The highest BCUT2D eigenvalue weighted by Gasteiger charge is 2.08. The van der Waals surface area contributed by atoms with E-state index in [1.54, 1.807) is 17.7 Å². The van der Waals surface area contributed by atoms with Crippen molar-refractivity contribution in [3.8, 4) is 0 Å². The van der Waals surface area contributed by atoms with Crippen molar-refractivity contribution in [1.82, 2.24) is 20.3 Å². The minimum Gasteiger partial charge on any atom is -0.347 e. The molecule has 0 aliphatic heterocycles. The molecule has 0 radical (unpaired) electrons. The van der Waals surface area contributed by atoms with Crippen LogP contribution in [-0.4, -0.2) is 15.0 Å². The van der Waals surface area contributed by atoms with Gasteiger partial charge in [-0.05, 0) is 13.3 Å². The maximum absolute atomic E-state index is 4.56. The fourth-order valence-corrected chi connectivity index (χ4v) is 2.27. The van der Waals surface area contributed by atoms with Crippen LogP contribution in [0, 0.1) is 0 Å². The quantitative estimate of drug-likeness (QED) is 0.837. The number of aromatic nitrogens is 3. The number of thiazole rings is 1. The Morgan fingerprint density at radius 2 is 2.44 bits per heavy atom. The normalized spacial score (nSPS) is 12.9. The molecule has 16 heavy (non-hydrogen) atoms. The third-order valence-corrected chi connectivity index (χ3v) is 3.48. The number of rotatable bonds is 5. The summed E-state index contributed by atoms with van der Waals surface area (Å²) in [5, 5.41) is 6.74. The Labute approximate surface area is 99.2 Å². The van der Waals surface area contributed by atoms with Gasteiger partial charge >= 0.3 is 0 Å². The Morgan fingerprint density at radius 3 is 3.06 bits per heavy atom. The van der Waals surface area contributed by atoms with Gasteiger partial charge < -0.3 is 10.3 Å². The molecule has 0 amide bonds. The first-order valence-corrected chi connectivity index (χ1v) is 6.32. The van der Waals surface area contributed by atoms with Gasteiger partial charge in [0.25, 0.3) is 0 Å². The van der Waals surface area contributed by atoms with Crippen molar-refractivity contribution >= 4 is 11.3 Å². The SMILES string of the molecule is CCc1nc(C(C)NCc2cnc[nH]2)cs1. The van der Waals surface area contributed by atoms with E-state index in [0.29, 0.717) is 0 Å². The van der Waals surface area contributed by atoms with Gasteiger partial charge in [0.05, 0.1) is 17.0 Å². The Balaban J connectivity index is 1.90. The van der Waals surface area contributed by atoms with Crippen molar-refractivity contribution in [2.75, 3.05) is 0 Å². The van der Waals surface area contributed by atoms with Crippen LogP contribution in [0.3, 0.4) is 0 Å². The number of aromatic amines is 1. The number of hydrogen-bond acceptors (Lipinski definition) is 4. The van der Waals surface area contributed by atoms with Crippen LogP contribution in [0.5, 0.6) is 0 Å². The van der Waals surface area contributed by atoms with E-state index in [4.69, 9.17) is 0 Å². The average molecular weight is 236 g/mol. The predicted octanol–water partition coefficient (Wildman–Crippen LogP) is 2.28. The van der Waals surface area contributed by atoms with E-state index in [1.165, 1.54) is 5.01 Å². The largest absolute Gasteiger partial charge is 0.347 e. The molecule has 2 N–H and O–H groups in total. The molecule has 2 aromatic heterocycles. The average Bonchev–Trinajstić information content (AvgIpc) is 2.96. The highest BCUT2D eigenvalue weighted by molar-refractivity contribution is 7.09. The summed E-state index contributed by atoms with van der Waals surface area (Å²) in [5.41, 5.74) is 2.22. The zero-order valence-electron chi connectivity index (χ0n) is 9.53. The molecular weight excluding hydrogens is 220 g/mol. The van der Waals surface area contributed by atoms with Crippen molar-refractivity contribution in [3.05, 3.63) is 34.3 Å². The van der Waals surface area contributed by atoms with Gasteiger partial charge in [-0.2, -0.15) is 0 Å². The fourth-order valence-electron chi connectivity index (χ4n) is 1.44. The first kappa shape index (κ1) is 11.3. The molecule has 0 spiro atoms. The van der Waals surface area contributed by atoms with Crippen molar-refractivity contribution in [1.29, 1.82) is 0 Å². The summed E-state index contributed by atoms with van der Waals surface area (Å²) in [5.74, 6) is 0. The van der Waals surface area contributed by atoms with Crippen LogP contribution in [0.4, 0.5) is 0 Å². The van der Waals surface area contributed by atoms with Gasteiger partial charge in [-0.25, -0.2) is 9.97 Å². The summed E-state index contributed by atoms with van der Waals surface area (Å²) in [4.78, 5) is 11.6. The predicted molar refractivity (Wildman–Crippen MR) is 65.3 cm³/mol. The molecule has 5 heteroatoms. The van der Waals surface area contributed by atoms with E-state index in [-0.39, 0.29) is 6.04 Å². The summed E-state index contributed by atoms with van der Waals surface area (Å²) in [7, 11) is 0. The van der Waals surface area contributed by atoms with E-state index >= 15 is 0 Å². The minimum atomic E-state index is 0.278. The molecule has 2 heterocycles. The van der Waals surface area contributed by atoms with Crippen molar-refractivity contribution in [2.24, 2.45) is 0 Å². The molecular formula is C11H16N4S. The second-order valence-corrected chi connectivity index (χ2v) is 4.64. The number of hydrogen-bond donors (Lipinski definition) is 2. The Morgan fingerprint density at radius 1 is 1.56 bits per heavy atom. The zero-order valence-corrected chi connectivity index (χ0v) is 10.3. The zero-order chi connectivity index (χ0) is 11.4. The maximum atomic E-state index is 4.56. The summed E-state index contributed by atoms with van der Waals surface area (Å²) in [6.07, 6.45) is 4.54. The molecule has 0 saturated carbocycles. The fraction of sp³-hybridized carbons (Fsp3) is 0.455. The lowest BCUT2D eigenvalue weighted by Gasteiger charge is -2.09. The monoisotopic (exact) mass is 236 g/mol. The van der Waals surface area contributed by atoms with Gasteiger partial charge in [-0.3, -0.25) is 0 Å².